The number of thiophene rings is 1. The van der Waals surface area contributed by atoms with Gasteiger partial charge in [0.2, 0.25) is 0 Å². The maximum atomic E-state index is 9.92. The Kier molecular flexibility index (Phi) is 2.35. The zero-order chi connectivity index (χ0) is 12.1. The molecule has 0 radical (unpaired) electrons. The van der Waals surface area contributed by atoms with Gasteiger partial charge in [-0.05, 0) is 36.6 Å². The zero-order valence-corrected chi connectivity index (χ0v) is 10.9. The summed E-state index contributed by atoms with van der Waals surface area (Å²) in [5, 5.41) is 12.1. The quantitative estimate of drug-likeness (QED) is 0.855. The fourth-order valence-electron chi connectivity index (χ4n) is 3.55. The van der Waals surface area contributed by atoms with Gasteiger partial charge in [0.15, 0.2) is 0 Å². The number of fused-ring (bicyclic) bond motifs is 3. The summed E-state index contributed by atoms with van der Waals surface area (Å²) in [5.74, 6) is 0.557. The van der Waals surface area contributed by atoms with Crippen molar-refractivity contribution in [3.8, 4) is 11.3 Å². The number of rotatable bonds is 1. The van der Waals surface area contributed by atoms with Crippen molar-refractivity contribution in [3.63, 3.8) is 0 Å². The second-order valence-electron chi connectivity index (χ2n) is 5.41. The number of aromatic nitrogens is 2. The van der Waals surface area contributed by atoms with Crippen molar-refractivity contribution in [2.45, 2.75) is 37.8 Å². The fraction of sp³-hybridized carbons (Fsp3) is 0.500. The number of hydrogen-bond acceptors (Lipinski definition) is 3. The average molecular weight is 260 g/mol. The van der Waals surface area contributed by atoms with E-state index in [1.807, 2.05) is 23.9 Å². The van der Waals surface area contributed by atoms with E-state index < -0.39 is 0 Å². The molecule has 4 rings (SSSR count). The summed E-state index contributed by atoms with van der Waals surface area (Å²) in [6.07, 6.45) is 8.07. The molecule has 2 aliphatic rings. The molecule has 1 N–H and O–H groups in total. The third-order valence-electron chi connectivity index (χ3n) is 4.34. The maximum Gasteiger partial charge on any atom is 0.0957 e. The molecular weight excluding hydrogens is 244 g/mol. The smallest absolute Gasteiger partial charge is 0.0957 e. The van der Waals surface area contributed by atoms with Crippen LogP contribution in [0.5, 0.6) is 0 Å². The highest BCUT2D eigenvalue weighted by Crippen LogP contribution is 2.49. The molecule has 2 aromatic rings. The SMILES string of the molecule is O[C@H]1CCC[C@@H](C2c3sccc3-c3cncn32)C1. The Balaban J connectivity index is 1.77. The van der Waals surface area contributed by atoms with E-state index in [2.05, 4.69) is 21.0 Å². The molecule has 94 valence electrons. The van der Waals surface area contributed by atoms with Crippen LogP contribution in [0.25, 0.3) is 11.3 Å². The third-order valence-corrected chi connectivity index (χ3v) is 5.33. The maximum absolute atomic E-state index is 9.92. The molecule has 1 saturated carbocycles. The van der Waals surface area contributed by atoms with Crippen LogP contribution >= 0.6 is 11.3 Å². The van der Waals surface area contributed by atoms with Gasteiger partial charge in [-0.3, -0.25) is 0 Å². The summed E-state index contributed by atoms with van der Waals surface area (Å²) in [7, 11) is 0. The van der Waals surface area contributed by atoms with Gasteiger partial charge in [0.25, 0.3) is 0 Å². The highest BCUT2D eigenvalue weighted by atomic mass is 32.1. The molecular formula is C14H16N2OS. The number of aliphatic hydroxyl groups is 1. The van der Waals surface area contributed by atoms with Gasteiger partial charge in [-0.15, -0.1) is 11.3 Å². The van der Waals surface area contributed by atoms with Crippen molar-refractivity contribution in [2.24, 2.45) is 5.92 Å². The molecule has 0 aromatic carbocycles. The molecule has 1 unspecified atom stereocenters. The summed E-state index contributed by atoms with van der Waals surface area (Å²) < 4.78 is 2.31. The Bertz CT molecular complexity index is 534. The van der Waals surface area contributed by atoms with E-state index in [1.165, 1.54) is 22.6 Å². The number of aliphatic hydroxyl groups excluding tert-OH is 1. The van der Waals surface area contributed by atoms with Gasteiger partial charge in [0.05, 0.1) is 30.4 Å². The second kappa shape index (κ2) is 3.93. The Hall–Kier alpha value is -1.13. The van der Waals surface area contributed by atoms with Crippen molar-refractivity contribution in [1.29, 1.82) is 0 Å². The lowest BCUT2D eigenvalue weighted by Gasteiger charge is -2.31. The van der Waals surface area contributed by atoms with Gasteiger partial charge in [-0.25, -0.2) is 4.98 Å². The summed E-state index contributed by atoms with van der Waals surface area (Å²) in [6.45, 7) is 0. The van der Waals surface area contributed by atoms with E-state index in [4.69, 9.17) is 0 Å². The lowest BCUT2D eigenvalue weighted by molar-refractivity contribution is 0.0892. The van der Waals surface area contributed by atoms with E-state index >= 15 is 0 Å². The van der Waals surface area contributed by atoms with Crippen LogP contribution in [0, 0.1) is 5.92 Å². The zero-order valence-electron chi connectivity index (χ0n) is 10.1. The molecule has 1 aliphatic carbocycles. The highest BCUT2D eigenvalue weighted by Gasteiger charge is 2.37. The Morgan fingerprint density at radius 2 is 2.33 bits per heavy atom. The van der Waals surface area contributed by atoms with Crippen LogP contribution < -0.4 is 0 Å². The normalized spacial score (nSPS) is 30.2. The van der Waals surface area contributed by atoms with E-state index in [9.17, 15) is 5.11 Å². The van der Waals surface area contributed by atoms with Gasteiger partial charge >= 0.3 is 0 Å². The van der Waals surface area contributed by atoms with Crippen molar-refractivity contribution < 1.29 is 5.11 Å². The van der Waals surface area contributed by atoms with Crippen LogP contribution in [0.3, 0.4) is 0 Å². The van der Waals surface area contributed by atoms with Crippen LogP contribution in [0.4, 0.5) is 0 Å². The number of hydrogen-bond donors (Lipinski definition) is 1. The van der Waals surface area contributed by atoms with E-state index in [0.29, 0.717) is 12.0 Å². The minimum atomic E-state index is -0.111. The van der Waals surface area contributed by atoms with Crippen LogP contribution in [0.15, 0.2) is 24.0 Å². The minimum absolute atomic E-state index is 0.111. The van der Waals surface area contributed by atoms with Crippen LogP contribution in [0.1, 0.15) is 36.6 Å². The van der Waals surface area contributed by atoms with Gasteiger partial charge in [-0.2, -0.15) is 0 Å². The molecule has 2 aromatic heterocycles. The van der Waals surface area contributed by atoms with Gasteiger partial charge in [-0.1, -0.05) is 6.42 Å². The molecule has 0 spiro atoms. The van der Waals surface area contributed by atoms with Gasteiger partial charge in [0, 0.05) is 10.4 Å². The predicted molar refractivity (Wildman–Crippen MR) is 71.6 cm³/mol. The first-order chi connectivity index (χ1) is 8.84. The molecule has 1 aliphatic heterocycles. The fourth-order valence-corrected chi connectivity index (χ4v) is 4.65. The van der Waals surface area contributed by atoms with Crippen LogP contribution in [-0.4, -0.2) is 20.8 Å². The summed E-state index contributed by atoms with van der Waals surface area (Å²) in [4.78, 5) is 5.76. The van der Waals surface area contributed by atoms with E-state index in [-0.39, 0.29) is 6.10 Å². The van der Waals surface area contributed by atoms with Crippen molar-refractivity contribution >= 4 is 11.3 Å². The summed E-state index contributed by atoms with van der Waals surface area (Å²) in [6, 6.07) is 2.61. The number of nitrogens with zero attached hydrogens (tertiary/aromatic N) is 2. The largest absolute Gasteiger partial charge is 0.393 e. The lowest BCUT2D eigenvalue weighted by atomic mass is 9.82. The Morgan fingerprint density at radius 3 is 3.22 bits per heavy atom. The first-order valence-electron chi connectivity index (χ1n) is 6.62. The Morgan fingerprint density at radius 1 is 1.39 bits per heavy atom. The topological polar surface area (TPSA) is 38.1 Å². The molecule has 0 saturated heterocycles. The molecule has 1 fully saturated rings. The summed E-state index contributed by atoms with van der Waals surface area (Å²) >= 11 is 1.85. The predicted octanol–water partition coefficient (Wildman–Crippen LogP) is 3.07. The molecule has 0 amide bonds. The molecule has 18 heavy (non-hydrogen) atoms. The van der Waals surface area contributed by atoms with Crippen molar-refractivity contribution in [2.75, 3.05) is 0 Å². The first kappa shape index (κ1) is 10.8. The van der Waals surface area contributed by atoms with Crippen LogP contribution in [0.2, 0.25) is 0 Å². The molecule has 3 nitrogen and oxygen atoms in total. The van der Waals surface area contributed by atoms with Gasteiger partial charge < -0.3 is 9.67 Å². The molecule has 3 atom stereocenters. The lowest BCUT2D eigenvalue weighted by Crippen LogP contribution is -2.26. The third kappa shape index (κ3) is 1.42. The van der Waals surface area contributed by atoms with E-state index in [1.54, 1.807) is 0 Å². The highest BCUT2D eigenvalue weighted by molar-refractivity contribution is 7.10. The number of imidazole rings is 1. The standard InChI is InChI=1S/C14H16N2OS/c17-10-3-1-2-9(6-10)13-14-11(4-5-18-14)12-7-15-8-16(12)13/h4-5,7-10,13,17H,1-3,6H2/t9-,10+,13?/m1/s1. The summed E-state index contributed by atoms with van der Waals surface area (Å²) in [5.41, 5.74) is 2.60. The monoisotopic (exact) mass is 260 g/mol. The van der Waals surface area contributed by atoms with Crippen LogP contribution in [-0.2, 0) is 0 Å². The minimum Gasteiger partial charge on any atom is -0.393 e. The van der Waals surface area contributed by atoms with Crippen molar-refractivity contribution in [3.05, 3.63) is 28.8 Å². The molecule has 0 bridgehead atoms. The Labute approximate surface area is 110 Å². The first-order valence-corrected chi connectivity index (χ1v) is 7.50. The molecule has 4 heteroatoms. The molecule has 3 heterocycles. The van der Waals surface area contributed by atoms with Crippen molar-refractivity contribution in [1.82, 2.24) is 9.55 Å². The second-order valence-corrected chi connectivity index (χ2v) is 6.36. The van der Waals surface area contributed by atoms with Gasteiger partial charge in [0.1, 0.15) is 0 Å². The average Bonchev–Trinajstić information content (AvgIpc) is 2.99. The van der Waals surface area contributed by atoms with E-state index in [0.717, 1.165) is 19.3 Å².